The summed E-state index contributed by atoms with van der Waals surface area (Å²) in [6.45, 7) is 2.89. The molecule has 0 aromatic rings. The van der Waals surface area contributed by atoms with E-state index >= 15 is 0 Å². The summed E-state index contributed by atoms with van der Waals surface area (Å²) < 4.78 is 0. The van der Waals surface area contributed by atoms with Crippen molar-refractivity contribution in [3.63, 3.8) is 0 Å². The van der Waals surface area contributed by atoms with Crippen molar-refractivity contribution in [1.29, 1.82) is 0 Å². The Bertz CT molecular complexity index is 114. The van der Waals surface area contributed by atoms with Crippen LogP contribution in [0.1, 0.15) is 71.1 Å². The average molecular weight is 255 g/mol. The van der Waals surface area contributed by atoms with Crippen LogP contribution in [0.5, 0.6) is 0 Å². The van der Waals surface area contributed by atoms with Crippen molar-refractivity contribution < 1.29 is 9.90 Å². The molecule has 0 atom stereocenters. The summed E-state index contributed by atoms with van der Waals surface area (Å²) in [6, 6.07) is 0. The van der Waals surface area contributed by atoms with Crippen LogP contribution in [0.3, 0.4) is 0 Å². The fourth-order valence-corrected chi connectivity index (χ4v) is 1.63. The Morgan fingerprint density at radius 3 is 1.47 bits per heavy atom. The van der Waals surface area contributed by atoms with E-state index in [4.69, 9.17) is 15.6 Å². The van der Waals surface area contributed by atoms with Crippen LogP contribution in [0.25, 0.3) is 0 Å². The molecule has 0 aliphatic carbocycles. The Kier molecular flexibility index (Phi) is 33.7. The van der Waals surface area contributed by atoms with Crippen molar-refractivity contribution in [2.24, 2.45) is 5.73 Å². The number of rotatable bonds is 10. The summed E-state index contributed by atoms with van der Waals surface area (Å²) in [5, 5.41) is 6.89. The predicted octanol–water partition coefficient (Wildman–Crippen LogP) is 2.92. The molecule has 0 saturated heterocycles. The second-order valence-electron chi connectivity index (χ2n) is 4.08. The molecule has 0 saturated carbocycles. The van der Waals surface area contributed by atoms with E-state index in [0.717, 1.165) is 6.54 Å². The summed E-state index contributed by atoms with van der Waals surface area (Å²) in [5.41, 5.74) is 5.42. The summed E-state index contributed by atoms with van der Waals surface area (Å²) >= 11 is 0. The summed E-state index contributed by atoms with van der Waals surface area (Å²) in [7, 11) is 0. The molecule has 0 aliphatic heterocycles. The Morgan fingerprint density at radius 2 is 1.18 bits per heavy atom. The summed E-state index contributed by atoms with van der Waals surface area (Å²) in [5.74, 6) is 0. The Hall–Kier alpha value is 0.430. The molecule has 0 bridgehead atoms. The minimum atomic E-state index is -0.250. The number of carboxylic acid groups (broad SMARTS) is 1. The molecule has 4 heteroatoms. The molecule has 0 heterocycles. The van der Waals surface area contributed by atoms with Crippen LogP contribution < -0.4 is 5.73 Å². The van der Waals surface area contributed by atoms with Gasteiger partial charge in [0, 0.05) is 0 Å². The van der Waals surface area contributed by atoms with E-state index in [0.29, 0.717) is 0 Å². The Morgan fingerprint density at radius 1 is 0.882 bits per heavy atom. The normalized spacial score (nSPS) is 8.82. The van der Waals surface area contributed by atoms with Gasteiger partial charge in [-0.15, -0.1) is 0 Å². The zero-order chi connectivity index (χ0) is 12.5. The van der Waals surface area contributed by atoms with Gasteiger partial charge in [-0.1, -0.05) is 64.7 Å². The summed E-state index contributed by atoms with van der Waals surface area (Å²) in [4.78, 5) is 8.36. The van der Waals surface area contributed by atoms with Gasteiger partial charge in [0.25, 0.3) is 6.47 Å². The third-order valence-corrected chi connectivity index (χ3v) is 2.56. The minimum absolute atomic E-state index is 0. The third-order valence-electron chi connectivity index (χ3n) is 2.56. The molecule has 3 N–H and O–H groups in total. The SMILES string of the molecule is CCCCCCCCCCCCN.O=CO.[NaH]. The fourth-order valence-electron chi connectivity index (χ4n) is 1.63. The van der Waals surface area contributed by atoms with Crippen molar-refractivity contribution in [2.75, 3.05) is 6.54 Å². The molecule has 100 valence electrons. The molecule has 0 radical (unpaired) electrons. The summed E-state index contributed by atoms with van der Waals surface area (Å²) in [6.07, 6.45) is 13.9. The van der Waals surface area contributed by atoms with Gasteiger partial charge in [0.1, 0.15) is 0 Å². The van der Waals surface area contributed by atoms with E-state index in [-0.39, 0.29) is 36.0 Å². The molecule has 0 aliphatic rings. The van der Waals surface area contributed by atoms with Crippen LogP contribution in [0, 0.1) is 0 Å². The van der Waals surface area contributed by atoms with E-state index in [1.165, 1.54) is 64.2 Å². The van der Waals surface area contributed by atoms with Crippen LogP contribution in [0.4, 0.5) is 0 Å². The first-order valence-corrected chi connectivity index (χ1v) is 6.61. The van der Waals surface area contributed by atoms with Gasteiger partial charge in [-0.3, -0.25) is 4.79 Å². The maximum atomic E-state index is 8.36. The molecular weight excluding hydrogens is 225 g/mol. The van der Waals surface area contributed by atoms with Crippen LogP contribution in [0.2, 0.25) is 0 Å². The quantitative estimate of drug-likeness (QED) is 0.358. The average Bonchev–Trinajstić information content (AvgIpc) is 2.28. The molecule has 0 rings (SSSR count). The van der Waals surface area contributed by atoms with Crippen LogP contribution in [-0.2, 0) is 4.79 Å². The molecule has 0 aromatic heterocycles. The van der Waals surface area contributed by atoms with E-state index < -0.39 is 0 Å². The molecule has 0 amide bonds. The van der Waals surface area contributed by atoms with Gasteiger partial charge in [-0.2, -0.15) is 0 Å². The number of hydrogen-bond acceptors (Lipinski definition) is 2. The zero-order valence-corrected chi connectivity index (χ0v) is 10.8. The van der Waals surface area contributed by atoms with Crippen LogP contribution in [0.15, 0.2) is 0 Å². The molecular formula is C13H30NNaO2. The fraction of sp³-hybridized carbons (Fsp3) is 0.923. The van der Waals surface area contributed by atoms with Crippen molar-refractivity contribution >= 4 is 36.0 Å². The first-order valence-electron chi connectivity index (χ1n) is 6.61. The van der Waals surface area contributed by atoms with Gasteiger partial charge in [-0.25, -0.2) is 0 Å². The van der Waals surface area contributed by atoms with Gasteiger partial charge in [0.05, 0.1) is 0 Å². The van der Waals surface area contributed by atoms with Crippen LogP contribution in [-0.4, -0.2) is 47.7 Å². The molecule has 0 unspecified atom stereocenters. The molecule has 0 spiro atoms. The van der Waals surface area contributed by atoms with E-state index in [1.54, 1.807) is 0 Å². The van der Waals surface area contributed by atoms with E-state index in [1.807, 2.05) is 0 Å². The number of nitrogens with two attached hydrogens (primary N) is 1. The first kappa shape index (κ1) is 22.6. The molecule has 17 heavy (non-hydrogen) atoms. The van der Waals surface area contributed by atoms with Crippen molar-refractivity contribution in [3.05, 3.63) is 0 Å². The predicted molar refractivity (Wildman–Crippen MR) is 76.7 cm³/mol. The number of unbranched alkanes of at least 4 members (excludes halogenated alkanes) is 9. The maximum absolute atomic E-state index is 8.36. The van der Waals surface area contributed by atoms with Gasteiger partial charge in [-0.05, 0) is 13.0 Å². The molecule has 3 nitrogen and oxygen atoms in total. The van der Waals surface area contributed by atoms with Crippen molar-refractivity contribution in [2.45, 2.75) is 71.1 Å². The van der Waals surface area contributed by atoms with Gasteiger partial charge < -0.3 is 10.8 Å². The third kappa shape index (κ3) is 31.4. The Labute approximate surface area is 129 Å². The van der Waals surface area contributed by atoms with Gasteiger partial charge in [0.2, 0.25) is 0 Å². The van der Waals surface area contributed by atoms with E-state index in [9.17, 15) is 0 Å². The second kappa shape index (κ2) is 25.3. The van der Waals surface area contributed by atoms with E-state index in [2.05, 4.69) is 6.92 Å². The monoisotopic (exact) mass is 255 g/mol. The standard InChI is InChI=1S/C12H27N.CH2O2.Na.H/c1-2-3-4-5-6-7-8-9-10-11-12-13;2-1-3;;/h2-13H2,1H3;1H,(H,2,3);;. The topological polar surface area (TPSA) is 63.3 Å². The number of hydrogen-bond donors (Lipinski definition) is 2. The second-order valence-corrected chi connectivity index (χ2v) is 4.08. The van der Waals surface area contributed by atoms with Crippen molar-refractivity contribution in [1.82, 2.24) is 0 Å². The Balaban J connectivity index is -0.000000440. The number of carbonyl (C=O) groups is 1. The van der Waals surface area contributed by atoms with Gasteiger partial charge >= 0.3 is 29.6 Å². The zero-order valence-electron chi connectivity index (χ0n) is 10.8. The molecule has 0 aromatic carbocycles. The first-order chi connectivity index (χ1) is 7.83. The van der Waals surface area contributed by atoms with Crippen LogP contribution >= 0.6 is 0 Å². The molecule has 0 fully saturated rings. The van der Waals surface area contributed by atoms with Gasteiger partial charge in [0.15, 0.2) is 0 Å². The van der Waals surface area contributed by atoms with Crippen molar-refractivity contribution in [3.8, 4) is 0 Å².